The highest BCUT2D eigenvalue weighted by Gasteiger charge is 2.50. The van der Waals surface area contributed by atoms with E-state index >= 15 is 0 Å². The van der Waals surface area contributed by atoms with Crippen molar-refractivity contribution in [2.24, 2.45) is 0 Å². The fourth-order valence-corrected chi connectivity index (χ4v) is 6.02. The van der Waals surface area contributed by atoms with Gasteiger partial charge in [0.1, 0.15) is 5.60 Å². The molecule has 1 aromatic carbocycles. The van der Waals surface area contributed by atoms with E-state index < -0.39 is 5.60 Å². The van der Waals surface area contributed by atoms with Crippen LogP contribution in [0.3, 0.4) is 0 Å². The fraction of sp³-hybridized carbons (Fsp3) is 0.452. The van der Waals surface area contributed by atoms with Crippen LogP contribution >= 0.6 is 0 Å². The van der Waals surface area contributed by atoms with E-state index in [0.717, 1.165) is 66.2 Å². The number of pyridine rings is 1. The minimum atomic E-state index is -0.489. The molecule has 2 aliphatic heterocycles. The van der Waals surface area contributed by atoms with Gasteiger partial charge in [0.2, 0.25) is 0 Å². The number of carbonyl (C=O) groups excluding carboxylic acids is 2. The maximum atomic E-state index is 12.5. The number of nitrogens with one attached hydrogen (secondary N) is 2. The third-order valence-electron chi connectivity index (χ3n) is 8.14. The maximum absolute atomic E-state index is 12.5. The standard InChI is InChI=1S/C31H37N5O3/c1-19-14-22(15-20(2)26(19)35-10-12-36(13-11-35)29(38)39-30(3,4)5)24-16-21(6-9-32-24)25-17-23-27(34-25)31(7-8-31)18-33-28(23)37/h6,9,14-17,34H,7-8,10-13,18H2,1-5H3,(H,33,37). The van der Waals surface area contributed by atoms with Crippen molar-refractivity contribution in [3.05, 3.63) is 58.9 Å². The highest BCUT2D eigenvalue weighted by atomic mass is 16.6. The minimum Gasteiger partial charge on any atom is -0.444 e. The van der Waals surface area contributed by atoms with Crippen LogP contribution < -0.4 is 10.2 Å². The number of carbonyl (C=O) groups is 2. The lowest BCUT2D eigenvalue weighted by Crippen LogP contribution is -2.50. The first-order valence-corrected chi connectivity index (χ1v) is 13.9. The van der Waals surface area contributed by atoms with Crippen LogP contribution in [0.4, 0.5) is 10.5 Å². The molecule has 0 atom stereocenters. The second-order valence-electron chi connectivity index (χ2n) is 12.3. The van der Waals surface area contributed by atoms with Gasteiger partial charge >= 0.3 is 6.09 Å². The molecule has 3 aromatic rings. The van der Waals surface area contributed by atoms with Gasteiger partial charge in [-0.2, -0.15) is 0 Å². The van der Waals surface area contributed by atoms with Crippen LogP contribution in [-0.2, 0) is 10.2 Å². The van der Waals surface area contributed by atoms with Crippen LogP contribution in [0.5, 0.6) is 0 Å². The fourth-order valence-electron chi connectivity index (χ4n) is 6.02. The number of hydrogen-bond donors (Lipinski definition) is 2. The molecule has 1 aliphatic carbocycles. The predicted octanol–water partition coefficient (Wildman–Crippen LogP) is 5.19. The van der Waals surface area contributed by atoms with E-state index in [9.17, 15) is 9.59 Å². The molecule has 1 saturated heterocycles. The zero-order valence-corrected chi connectivity index (χ0v) is 23.5. The van der Waals surface area contributed by atoms with Crippen LogP contribution in [0, 0.1) is 13.8 Å². The van der Waals surface area contributed by atoms with Gasteiger partial charge in [0.05, 0.1) is 11.3 Å². The van der Waals surface area contributed by atoms with Gasteiger partial charge in [-0.3, -0.25) is 9.78 Å². The number of piperazine rings is 1. The molecule has 4 heterocycles. The third kappa shape index (κ3) is 4.77. The Bertz CT molecular complexity index is 1430. The van der Waals surface area contributed by atoms with E-state index in [-0.39, 0.29) is 17.4 Å². The molecule has 204 valence electrons. The Balaban J connectivity index is 1.22. The van der Waals surface area contributed by atoms with Crippen LogP contribution in [0.1, 0.15) is 60.8 Å². The van der Waals surface area contributed by atoms with Crippen molar-refractivity contribution in [1.29, 1.82) is 0 Å². The molecule has 1 spiro atoms. The number of hydrogen-bond acceptors (Lipinski definition) is 5. The van der Waals surface area contributed by atoms with E-state index in [4.69, 9.17) is 9.72 Å². The van der Waals surface area contributed by atoms with Gasteiger partial charge in [0.25, 0.3) is 5.91 Å². The Labute approximate surface area is 229 Å². The third-order valence-corrected chi connectivity index (χ3v) is 8.14. The summed E-state index contributed by atoms with van der Waals surface area (Å²) in [5.74, 6) is 0.00747. The molecule has 2 aromatic heterocycles. The molecule has 2 N–H and O–H groups in total. The zero-order valence-electron chi connectivity index (χ0n) is 23.5. The Kier molecular flexibility index (Phi) is 5.97. The highest BCUT2D eigenvalue weighted by molar-refractivity contribution is 5.99. The number of rotatable bonds is 3. The largest absolute Gasteiger partial charge is 0.444 e. The summed E-state index contributed by atoms with van der Waals surface area (Å²) >= 11 is 0. The number of aryl methyl sites for hydroxylation is 2. The first-order chi connectivity index (χ1) is 18.5. The lowest BCUT2D eigenvalue weighted by Gasteiger charge is -2.38. The lowest BCUT2D eigenvalue weighted by atomic mass is 9.95. The molecular formula is C31H37N5O3. The quantitative estimate of drug-likeness (QED) is 0.489. The average Bonchev–Trinajstić information content (AvgIpc) is 3.51. The number of nitrogens with zero attached hydrogens (tertiary/aromatic N) is 3. The number of amides is 2. The number of aromatic nitrogens is 2. The summed E-state index contributed by atoms with van der Waals surface area (Å²) in [7, 11) is 0. The van der Waals surface area contributed by atoms with Gasteiger partial charge in [-0.25, -0.2) is 4.79 Å². The van der Waals surface area contributed by atoms with Crippen molar-refractivity contribution in [3.8, 4) is 22.5 Å². The van der Waals surface area contributed by atoms with E-state index in [0.29, 0.717) is 13.1 Å². The van der Waals surface area contributed by atoms with Crippen molar-refractivity contribution < 1.29 is 14.3 Å². The van der Waals surface area contributed by atoms with Crippen molar-refractivity contribution in [2.45, 2.75) is 58.5 Å². The van der Waals surface area contributed by atoms with Crippen molar-refractivity contribution in [2.75, 3.05) is 37.6 Å². The Hall–Kier alpha value is -3.81. The molecule has 39 heavy (non-hydrogen) atoms. The van der Waals surface area contributed by atoms with Gasteiger partial charge in [-0.15, -0.1) is 0 Å². The van der Waals surface area contributed by atoms with Crippen LogP contribution in [0.15, 0.2) is 36.5 Å². The molecule has 2 fully saturated rings. The molecule has 2 amide bonds. The zero-order chi connectivity index (χ0) is 27.5. The summed E-state index contributed by atoms with van der Waals surface area (Å²) in [6.07, 6.45) is 3.82. The monoisotopic (exact) mass is 527 g/mol. The highest BCUT2D eigenvalue weighted by Crippen LogP contribution is 2.50. The van der Waals surface area contributed by atoms with Crippen molar-refractivity contribution >= 4 is 17.7 Å². The summed E-state index contributed by atoms with van der Waals surface area (Å²) < 4.78 is 5.55. The summed E-state index contributed by atoms with van der Waals surface area (Å²) in [5, 5.41) is 3.05. The topological polar surface area (TPSA) is 90.6 Å². The summed E-state index contributed by atoms with van der Waals surface area (Å²) in [4.78, 5) is 37.4. The Morgan fingerprint density at radius 3 is 2.33 bits per heavy atom. The second-order valence-corrected chi connectivity index (χ2v) is 12.3. The average molecular weight is 528 g/mol. The van der Waals surface area contributed by atoms with E-state index in [1.165, 1.54) is 16.8 Å². The minimum absolute atomic E-state index is 0.00747. The van der Waals surface area contributed by atoms with Gasteiger partial charge < -0.3 is 24.8 Å². The molecule has 8 nitrogen and oxygen atoms in total. The molecule has 0 unspecified atom stereocenters. The maximum Gasteiger partial charge on any atom is 0.410 e. The molecule has 8 heteroatoms. The summed E-state index contributed by atoms with van der Waals surface area (Å²) in [6, 6.07) is 10.5. The SMILES string of the molecule is Cc1cc(-c2cc(-c3cc4c([nH]3)C3(CC3)CNC4=O)ccn2)cc(C)c1N1CCN(C(=O)OC(C)(C)C)CC1. The Morgan fingerprint density at radius 2 is 1.69 bits per heavy atom. The second kappa shape index (κ2) is 9.14. The first kappa shape index (κ1) is 25.5. The molecule has 0 bridgehead atoms. The number of benzene rings is 1. The first-order valence-electron chi connectivity index (χ1n) is 13.9. The van der Waals surface area contributed by atoms with Crippen molar-refractivity contribution in [1.82, 2.24) is 20.2 Å². The number of H-pyrrole nitrogens is 1. The smallest absolute Gasteiger partial charge is 0.410 e. The lowest BCUT2D eigenvalue weighted by molar-refractivity contribution is 0.0240. The number of anilines is 1. The molecule has 1 saturated carbocycles. The summed E-state index contributed by atoms with van der Waals surface area (Å²) in [5.41, 5.74) is 9.01. The molecular weight excluding hydrogens is 490 g/mol. The number of ether oxygens (including phenoxy) is 1. The predicted molar refractivity (Wildman–Crippen MR) is 152 cm³/mol. The van der Waals surface area contributed by atoms with Crippen LogP contribution in [0.2, 0.25) is 0 Å². The Morgan fingerprint density at radius 1 is 1.00 bits per heavy atom. The normalized spacial score (nSPS) is 18.1. The van der Waals surface area contributed by atoms with Gasteiger partial charge in [-0.1, -0.05) is 0 Å². The van der Waals surface area contributed by atoms with Gasteiger partial charge in [0, 0.05) is 72.5 Å². The van der Waals surface area contributed by atoms with Crippen LogP contribution in [-0.4, -0.2) is 65.2 Å². The van der Waals surface area contributed by atoms with Crippen LogP contribution in [0.25, 0.3) is 22.5 Å². The van der Waals surface area contributed by atoms with E-state index in [1.807, 2.05) is 39.1 Å². The van der Waals surface area contributed by atoms with Gasteiger partial charge in [-0.05, 0) is 88.9 Å². The van der Waals surface area contributed by atoms with E-state index in [1.54, 1.807) is 4.90 Å². The molecule has 6 rings (SSSR count). The van der Waals surface area contributed by atoms with E-state index in [2.05, 4.69) is 47.2 Å². The van der Waals surface area contributed by atoms with Crippen molar-refractivity contribution in [3.63, 3.8) is 0 Å². The van der Waals surface area contributed by atoms with Gasteiger partial charge in [0.15, 0.2) is 0 Å². The number of fused-ring (bicyclic) bond motifs is 2. The number of aromatic amines is 1. The molecule has 0 radical (unpaired) electrons. The molecule has 3 aliphatic rings. The summed E-state index contributed by atoms with van der Waals surface area (Å²) in [6.45, 7) is 13.5.